The lowest BCUT2D eigenvalue weighted by Gasteiger charge is -2.13. The van der Waals surface area contributed by atoms with E-state index in [4.69, 9.17) is 0 Å². The minimum Gasteiger partial charge on any atom is -0.311 e. The van der Waals surface area contributed by atoms with Crippen LogP contribution in [-0.4, -0.2) is 5.91 Å². The van der Waals surface area contributed by atoms with Crippen molar-refractivity contribution in [3.05, 3.63) is 42.0 Å². The van der Waals surface area contributed by atoms with E-state index < -0.39 is 0 Å². The number of hydrogen-bond acceptors (Lipinski definition) is 3. The van der Waals surface area contributed by atoms with Gasteiger partial charge in [0.05, 0.1) is 23.4 Å². The molecule has 1 aliphatic heterocycles. The Labute approximate surface area is 91.5 Å². The summed E-state index contributed by atoms with van der Waals surface area (Å²) in [5.41, 5.74) is 3.69. The predicted octanol–water partition coefficient (Wildman–Crippen LogP) is 2.51. The predicted molar refractivity (Wildman–Crippen MR) is 61.7 cm³/mol. The summed E-state index contributed by atoms with van der Waals surface area (Å²) in [7, 11) is 0. The fourth-order valence-electron chi connectivity index (χ4n) is 1.79. The monoisotopic (exact) mass is 216 g/mol. The van der Waals surface area contributed by atoms with Crippen LogP contribution in [0.25, 0.3) is 11.1 Å². The van der Waals surface area contributed by atoms with Crippen LogP contribution >= 0.6 is 12.1 Å². The van der Waals surface area contributed by atoms with Crippen LogP contribution in [0, 0.1) is 0 Å². The number of carbonyl (C=O) groups is 1. The molecular formula is C11H8N2OS. The van der Waals surface area contributed by atoms with Crippen LogP contribution in [0.1, 0.15) is 10.4 Å². The highest BCUT2D eigenvalue weighted by Gasteiger charge is 2.24. The Kier molecular flexibility index (Phi) is 1.82. The normalized spacial score (nSPS) is 14.3. The quantitative estimate of drug-likeness (QED) is 0.665. The van der Waals surface area contributed by atoms with Crippen molar-refractivity contribution in [2.45, 2.75) is 0 Å². The third kappa shape index (κ3) is 1.26. The molecule has 4 heteroatoms. The first-order valence-electron chi connectivity index (χ1n) is 4.60. The molecule has 3 rings (SSSR count). The molecule has 0 aromatic carbocycles. The van der Waals surface area contributed by atoms with Gasteiger partial charge in [0.2, 0.25) is 0 Å². The molecule has 1 heterocycles. The van der Waals surface area contributed by atoms with Gasteiger partial charge in [-0.2, -0.15) is 0 Å². The highest BCUT2D eigenvalue weighted by Crippen LogP contribution is 2.37. The Hall–Kier alpha value is -1.68. The highest BCUT2D eigenvalue weighted by molar-refractivity contribution is 7.99. The minimum atomic E-state index is -0.0325. The van der Waals surface area contributed by atoms with Gasteiger partial charge in [0.25, 0.3) is 5.91 Å². The first-order chi connectivity index (χ1) is 7.36. The van der Waals surface area contributed by atoms with E-state index in [1.54, 1.807) is 0 Å². The average molecular weight is 216 g/mol. The molecule has 0 saturated heterocycles. The summed E-state index contributed by atoms with van der Waals surface area (Å²) in [5.74, 6) is -0.0325. The Bertz CT molecular complexity index is 512. The van der Waals surface area contributed by atoms with E-state index in [2.05, 4.69) is 9.44 Å². The maximum absolute atomic E-state index is 11.7. The van der Waals surface area contributed by atoms with Crippen molar-refractivity contribution in [3.8, 4) is 11.1 Å². The third-order valence-electron chi connectivity index (χ3n) is 2.44. The summed E-state index contributed by atoms with van der Waals surface area (Å²) in [6.45, 7) is 0. The number of hydrogen-bond donors (Lipinski definition) is 2. The van der Waals surface area contributed by atoms with Gasteiger partial charge < -0.3 is 4.72 Å². The van der Waals surface area contributed by atoms with E-state index in [1.165, 1.54) is 12.1 Å². The van der Waals surface area contributed by atoms with E-state index in [0.29, 0.717) is 0 Å². The van der Waals surface area contributed by atoms with Crippen LogP contribution in [0.2, 0.25) is 0 Å². The van der Waals surface area contributed by atoms with Gasteiger partial charge in [-0.1, -0.05) is 30.3 Å². The van der Waals surface area contributed by atoms with Crippen molar-refractivity contribution in [2.24, 2.45) is 0 Å². The van der Waals surface area contributed by atoms with Crippen molar-refractivity contribution in [2.75, 3.05) is 4.72 Å². The number of carbonyl (C=O) groups excluding carboxylic acids is 1. The van der Waals surface area contributed by atoms with Gasteiger partial charge in [-0.15, -0.1) is 0 Å². The van der Waals surface area contributed by atoms with Crippen LogP contribution in [0.15, 0.2) is 36.4 Å². The Balaban J connectivity index is 2.32. The maximum atomic E-state index is 11.7. The Morgan fingerprint density at radius 1 is 1.07 bits per heavy atom. The largest absolute Gasteiger partial charge is 0.311 e. The van der Waals surface area contributed by atoms with Crippen LogP contribution in [0.4, 0.5) is 5.69 Å². The number of rotatable bonds is 0. The standard InChI is InChI=1S/C11H8N2OS/c14-11-10-8-5-3-1-2-4-7(8)6-9(10)12-15-13-11/h1-6,12H,(H,13,14). The molecule has 0 aromatic rings. The third-order valence-corrected chi connectivity index (χ3v) is 3.05. The summed E-state index contributed by atoms with van der Waals surface area (Å²) in [5, 5.41) is 0. The van der Waals surface area contributed by atoms with Crippen LogP contribution in [0.3, 0.4) is 0 Å². The number of anilines is 1. The van der Waals surface area contributed by atoms with Gasteiger partial charge in [-0.3, -0.25) is 9.52 Å². The molecule has 0 aromatic heterocycles. The van der Waals surface area contributed by atoms with Gasteiger partial charge in [-0.05, 0) is 17.2 Å². The highest BCUT2D eigenvalue weighted by atomic mass is 32.2. The summed E-state index contributed by atoms with van der Waals surface area (Å²) in [4.78, 5) is 11.7. The SMILES string of the molecule is O=C1NSNc2cc3cccccc-3c21. The molecule has 3 nitrogen and oxygen atoms in total. The average Bonchev–Trinajstić information content (AvgIpc) is 2.43. The molecule has 0 radical (unpaired) electrons. The fourth-order valence-corrected chi connectivity index (χ4v) is 2.31. The second kappa shape index (κ2) is 3.17. The second-order valence-corrected chi connectivity index (χ2v) is 3.96. The zero-order valence-electron chi connectivity index (χ0n) is 7.78. The molecule has 3 aliphatic rings. The van der Waals surface area contributed by atoms with Crippen molar-refractivity contribution in [1.82, 2.24) is 4.72 Å². The molecule has 2 aliphatic carbocycles. The van der Waals surface area contributed by atoms with Crippen LogP contribution in [0.5, 0.6) is 0 Å². The summed E-state index contributed by atoms with van der Waals surface area (Å²) >= 11 is 1.21. The minimum absolute atomic E-state index is 0.0325. The lowest BCUT2D eigenvalue weighted by molar-refractivity contribution is 0.0985. The van der Waals surface area contributed by atoms with Gasteiger partial charge in [0.1, 0.15) is 0 Å². The molecule has 2 N–H and O–H groups in total. The molecule has 15 heavy (non-hydrogen) atoms. The summed E-state index contributed by atoms with van der Waals surface area (Å²) < 4.78 is 5.77. The topological polar surface area (TPSA) is 41.1 Å². The van der Waals surface area contributed by atoms with Crippen molar-refractivity contribution >= 4 is 23.7 Å². The molecular weight excluding hydrogens is 208 g/mol. The second-order valence-electron chi connectivity index (χ2n) is 3.35. The number of fused-ring (bicyclic) bond motifs is 3. The lowest BCUT2D eigenvalue weighted by Crippen LogP contribution is -2.23. The molecule has 0 unspecified atom stereocenters. The van der Waals surface area contributed by atoms with E-state index in [1.807, 2.05) is 36.4 Å². The zero-order valence-corrected chi connectivity index (χ0v) is 8.60. The smallest absolute Gasteiger partial charge is 0.265 e. The van der Waals surface area contributed by atoms with Crippen molar-refractivity contribution in [1.29, 1.82) is 0 Å². The van der Waals surface area contributed by atoms with Crippen LogP contribution < -0.4 is 9.44 Å². The molecule has 0 spiro atoms. The van der Waals surface area contributed by atoms with Gasteiger partial charge in [0, 0.05) is 0 Å². The van der Waals surface area contributed by atoms with Gasteiger partial charge in [0.15, 0.2) is 0 Å². The fraction of sp³-hybridized carbons (Fsp3) is 0. The van der Waals surface area contributed by atoms with E-state index in [0.717, 1.165) is 22.4 Å². The van der Waals surface area contributed by atoms with Crippen molar-refractivity contribution < 1.29 is 4.79 Å². The zero-order chi connectivity index (χ0) is 10.3. The van der Waals surface area contributed by atoms with E-state index in [-0.39, 0.29) is 5.91 Å². The first-order valence-corrected chi connectivity index (χ1v) is 5.42. The summed E-state index contributed by atoms with van der Waals surface area (Å²) in [6, 6.07) is 11.8. The molecule has 0 atom stereocenters. The molecule has 1 amide bonds. The molecule has 0 bridgehead atoms. The van der Waals surface area contributed by atoms with Crippen molar-refractivity contribution in [3.63, 3.8) is 0 Å². The molecule has 0 saturated carbocycles. The Morgan fingerprint density at radius 2 is 1.93 bits per heavy atom. The molecule has 0 fully saturated rings. The van der Waals surface area contributed by atoms with E-state index in [9.17, 15) is 4.79 Å². The Morgan fingerprint density at radius 3 is 2.87 bits per heavy atom. The molecule has 74 valence electrons. The number of amides is 1. The van der Waals surface area contributed by atoms with E-state index >= 15 is 0 Å². The lowest BCUT2D eigenvalue weighted by atomic mass is 10.1. The van der Waals surface area contributed by atoms with Crippen LogP contribution in [-0.2, 0) is 0 Å². The van der Waals surface area contributed by atoms with Gasteiger partial charge >= 0.3 is 0 Å². The van der Waals surface area contributed by atoms with Gasteiger partial charge in [-0.25, -0.2) is 0 Å². The first kappa shape index (κ1) is 8.61. The summed E-state index contributed by atoms with van der Waals surface area (Å²) in [6.07, 6.45) is 0. The maximum Gasteiger partial charge on any atom is 0.265 e. The number of nitrogens with one attached hydrogen (secondary N) is 2.